The Labute approximate surface area is 159 Å². The fraction of sp³-hybridized carbons (Fsp3) is 0.579. The van der Waals surface area contributed by atoms with Gasteiger partial charge in [0.1, 0.15) is 0 Å². The van der Waals surface area contributed by atoms with Gasteiger partial charge >= 0.3 is 6.03 Å². The van der Waals surface area contributed by atoms with E-state index in [0.717, 1.165) is 19.6 Å². The Morgan fingerprint density at radius 1 is 1.00 bits per heavy atom. The van der Waals surface area contributed by atoms with Crippen molar-refractivity contribution in [3.63, 3.8) is 0 Å². The number of benzene rings is 1. The van der Waals surface area contributed by atoms with E-state index in [1.807, 2.05) is 50.2 Å². The number of hydrogen-bond acceptors (Lipinski definition) is 4. The van der Waals surface area contributed by atoms with Crippen molar-refractivity contribution >= 4 is 21.7 Å². The van der Waals surface area contributed by atoms with E-state index in [-0.39, 0.29) is 12.1 Å². The molecule has 0 aliphatic carbocycles. The fourth-order valence-corrected chi connectivity index (χ4v) is 2.53. The van der Waals surface area contributed by atoms with E-state index >= 15 is 0 Å². The van der Waals surface area contributed by atoms with E-state index in [1.54, 1.807) is 4.90 Å². The zero-order valence-corrected chi connectivity index (χ0v) is 17.2. The number of carbonyl (C=O) groups excluding carboxylic acids is 1. The summed E-state index contributed by atoms with van der Waals surface area (Å²) in [6.45, 7) is 11.8. The molecule has 1 N–H and O–H groups in total. The molecule has 0 aromatic heterocycles. The van der Waals surface area contributed by atoms with Gasteiger partial charge in [-0.3, -0.25) is 0 Å². The minimum Gasteiger partial charge on any atom is -0.337 e. The first-order valence-corrected chi connectivity index (χ1v) is 10.2. The molecule has 0 atom stereocenters. The number of urea groups is 1. The maximum atomic E-state index is 12.0. The van der Waals surface area contributed by atoms with Crippen molar-refractivity contribution in [2.75, 3.05) is 32.7 Å². The Morgan fingerprint density at radius 2 is 1.50 bits per heavy atom. The van der Waals surface area contributed by atoms with Gasteiger partial charge in [-0.2, -0.15) is 8.42 Å². The van der Waals surface area contributed by atoms with Gasteiger partial charge in [-0.1, -0.05) is 50.2 Å². The lowest BCUT2D eigenvalue weighted by atomic mass is 10.3. The minimum absolute atomic E-state index is 0.0388. The molecule has 0 fully saturated rings. The number of likely N-dealkylation sites (N-methyl/N-ethyl adjacent to an activating group) is 1. The van der Waals surface area contributed by atoms with Crippen LogP contribution in [0.3, 0.4) is 0 Å². The maximum Gasteiger partial charge on any atom is 0.317 e. The van der Waals surface area contributed by atoms with Gasteiger partial charge in [0.05, 0.1) is 0 Å². The predicted octanol–water partition coefficient (Wildman–Crippen LogP) is 2.51. The number of hydrogen-bond donors (Lipinski definition) is 1. The lowest BCUT2D eigenvalue weighted by Gasteiger charge is -2.27. The molecule has 7 heteroatoms. The van der Waals surface area contributed by atoms with Crippen LogP contribution in [0.2, 0.25) is 0 Å². The molecule has 6 nitrogen and oxygen atoms in total. The largest absolute Gasteiger partial charge is 0.337 e. The Kier molecular flexibility index (Phi) is 14.3. The van der Waals surface area contributed by atoms with Gasteiger partial charge < -0.3 is 15.1 Å². The molecule has 1 rings (SSSR count). The molecule has 1 aromatic rings. The van der Waals surface area contributed by atoms with Gasteiger partial charge in [-0.25, -0.2) is 4.79 Å². The van der Waals surface area contributed by atoms with Gasteiger partial charge in [0.15, 0.2) is 0 Å². The molecule has 0 aliphatic heterocycles. The van der Waals surface area contributed by atoms with Crippen molar-refractivity contribution in [1.82, 2.24) is 15.1 Å². The number of nitrogens with zero attached hydrogens (tertiary/aromatic N) is 2. The Bertz CT molecular complexity index is 565. The first-order chi connectivity index (χ1) is 12.4. The highest BCUT2D eigenvalue weighted by atomic mass is 32.2. The molecule has 0 aliphatic rings. The summed E-state index contributed by atoms with van der Waals surface area (Å²) in [6.07, 6.45) is 0.345. The van der Waals surface area contributed by atoms with Crippen molar-refractivity contribution in [1.29, 1.82) is 0 Å². The minimum atomic E-state index is -2.16. The van der Waals surface area contributed by atoms with Crippen molar-refractivity contribution in [3.8, 4) is 0 Å². The van der Waals surface area contributed by atoms with Crippen molar-refractivity contribution in [2.45, 2.75) is 40.2 Å². The van der Waals surface area contributed by atoms with E-state index < -0.39 is 10.3 Å². The molecule has 0 bridgehead atoms. The summed E-state index contributed by atoms with van der Waals surface area (Å²) in [4.78, 5) is 15.9. The first-order valence-electron chi connectivity index (χ1n) is 9.10. The number of rotatable bonds is 9. The summed E-state index contributed by atoms with van der Waals surface area (Å²) >= 11 is 0. The Balaban J connectivity index is 0.000000867. The standard InChI is InChI=1S/C13H27N3O3S.C6H6/c1-5-15(6-2)10-8-14-13(17)16(12(3)4)9-7-11-20(18)19;1-2-4-6-5-3-1/h11-12H,5-10H2,1-4H3,(H,14,17);1-6H. The Morgan fingerprint density at radius 3 is 1.88 bits per heavy atom. The molecule has 2 amide bonds. The molecule has 0 spiro atoms. The molecule has 148 valence electrons. The molecule has 0 radical (unpaired) electrons. The zero-order chi connectivity index (χ0) is 19.8. The van der Waals surface area contributed by atoms with Gasteiger partial charge in [0, 0.05) is 31.0 Å². The molecule has 0 unspecified atom stereocenters. The molecule has 1 aromatic carbocycles. The second-order valence-electron chi connectivity index (χ2n) is 5.92. The first kappa shape index (κ1) is 24.1. The van der Waals surface area contributed by atoms with Gasteiger partial charge in [0.2, 0.25) is 10.3 Å². The van der Waals surface area contributed by atoms with Crippen LogP contribution < -0.4 is 5.32 Å². The van der Waals surface area contributed by atoms with Crippen molar-refractivity contribution < 1.29 is 13.2 Å². The molecular formula is C19H33N3O3S. The van der Waals surface area contributed by atoms with E-state index in [0.29, 0.717) is 19.5 Å². The second-order valence-corrected chi connectivity index (χ2v) is 6.77. The molecule has 0 heterocycles. The summed E-state index contributed by atoms with van der Waals surface area (Å²) in [5.41, 5.74) is 0. The molecule has 26 heavy (non-hydrogen) atoms. The van der Waals surface area contributed by atoms with Crippen LogP contribution in [-0.4, -0.2) is 68.4 Å². The summed E-state index contributed by atoms with van der Waals surface area (Å²) in [5.74, 6) is 0. The summed E-state index contributed by atoms with van der Waals surface area (Å²) in [6, 6.07) is 11.9. The van der Waals surface area contributed by atoms with Gasteiger partial charge in [-0.05, 0) is 33.4 Å². The van der Waals surface area contributed by atoms with Crippen molar-refractivity contribution in [2.24, 2.45) is 0 Å². The van der Waals surface area contributed by atoms with Crippen LogP contribution >= 0.6 is 0 Å². The normalized spacial score (nSPS) is 10.1. The third-order valence-corrected chi connectivity index (χ3v) is 4.28. The quantitative estimate of drug-likeness (QED) is 0.665. The maximum absolute atomic E-state index is 12.0. The molecular weight excluding hydrogens is 350 g/mol. The highest BCUT2D eigenvalue weighted by Crippen LogP contribution is 1.99. The van der Waals surface area contributed by atoms with Crippen LogP contribution in [0.4, 0.5) is 4.79 Å². The number of nitrogens with one attached hydrogen (secondary N) is 1. The van der Waals surface area contributed by atoms with Gasteiger partial charge in [-0.15, -0.1) is 0 Å². The monoisotopic (exact) mass is 383 g/mol. The van der Waals surface area contributed by atoms with Crippen LogP contribution in [0.1, 0.15) is 34.1 Å². The third kappa shape index (κ3) is 12.5. The summed E-state index contributed by atoms with van der Waals surface area (Å²) in [7, 11) is -2.16. The van der Waals surface area contributed by atoms with Crippen molar-refractivity contribution in [3.05, 3.63) is 36.4 Å². The second kappa shape index (κ2) is 15.4. The predicted molar refractivity (Wildman–Crippen MR) is 109 cm³/mol. The number of amides is 2. The highest BCUT2D eigenvalue weighted by molar-refractivity contribution is 7.71. The van der Waals surface area contributed by atoms with Crippen LogP contribution in [0.15, 0.2) is 36.4 Å². The third-order valence-electron chi connectivity index (χ3n) is 3.77. The van der Waals surface area contributed by atoms with E-state index in [2.05, 4.69) is 24.1 Å². The summed E-state index contributed by atoms with van der Waals surface area (Å²) in [5, 5.41) is 4.06. The smallest absolute Gasteiger partial charge is 0.317 e. The van der Waals surface area contributed by atoms with E-state index in [9.17, 15) is 13.2 Å². The Hall–Kier alpha value is -1.86. The lowest BCUT2D eigenvalue weighted by Crippen LogP contribution is -2.46. The average molecular weight is 384 g/mol. The van der Waals surface area contributed by atoms with Crippen LogP contribution in [0.25, 0.3) is 0 Å². The van der Waals surface area contributed by atoms with Crippen LogP contribution in [0.5, 0.6) is 0 Å². The van der Waals surface area contributed by atoms with Crippen LogP contribution in [0, 0.1) is 0 Å². The van der Waals surface area contributed by atoms with Crippen LogP contribution in [-0.2, 0) is 10.3 Å². The lowest BCUT2D eigenvalue weighted by molar-refractivity contribution is 0.183. The topological polar surface area (TPSA) is 69.7 Å². The van der Waals surface area contributed by atoms with E-state index in [4.69, 9.17) is 0 Å². The SMILES string of the molecule is CCN(CC)CCNC(=O)N(CCC=S(=O)=O)C(C)C.c1ccccc1. The molecule has 0 saturated heterocycles. The zero-order valence-electron chi connectivity index (χ0n) is 16.4. The fourth-order valence-electron chi connectivity index (χ4n) is 2.23. The average Bonchev–Trinajstić information content (AvgIpc) is 2.63. The van der Waals surface area contributed by atoms with Gasteiger partial charge in [0.25, 0.3) is 0 Å². The molecule has 0 saturated carbocycles. The summed E-state index contributed by atoms with van der Waals surface area (Å²) < 4.78 is 20.9. The number of carbonyl (C=O) groups is 1. The van der Waals surface area contributed by atoms with E-state index in [1.165, 1.54) is 5.37 Å². The highest BCUT2D eigenvalue weighted by Gasteiger charge is 2.15.